The van der Waals surface area contributed by atoms with E-state index in [1.165, 1.54) is 29.8 Å². The summed E-state index contributed by atoms with van der Waals surface area (Å²) in [7, 11) is 0. The molecule has 3 aliphatic rings. The van der Waals surface area contributed by atoms with Crippen molar-refractivity contribution in [3.63, 3.8) is 0 Å². The molecule has 1 amide bonds. The number of nitrogens with one attached hydrogen (secondary N) is 1. The SMILES string of the molecule is C[C@@H]1CCc2c(sc(NC(=O)CN3CCN4CCC[C@H]4C3)c2C#N)C1. The normalized spacial score (nSPS) is 26.7. The minimum absolute atomic E-state index is 0.0228. The summed E-state index contributed by atoms with van der Waals surface area (Å²) in [6.45, 7) is 6.95. The van der Waals surface area contributed by atoms with Crippen molar-refractivity contribution >= 4 is 22.2 Å². The summed E-state index contributed by atoms with van der Waals surface area (Å²) >= 11 is 1.61. The predicted octanol–water partition coefficient (Wildman–Crippen LogP) is 2.46. The number of hydrogen-bond donors (Lipinski definition) is 1. The minimum Gasteiger partial charge on any atom is -0.315 e. The van der Waals surface area contributed by atoms with E-state index in [0.717, 1.165) is 43.9 Å². The molecule has 0 aromatic carbocycles. The highest BCUT2D eigenvalue weighted by Gasteiger charge is 2.31. The minimum atomic E-state index is 0.0228. The molecule has 6 heteroatoms. The van der Waals surface area contributed by atoms with Gasteiger partial charge in [-0.2, -0.15) is 5.26 Å². The van der Waals surface area contributed by atoms with Gasteiger partial charge in [-0.1, -0.05) is 6.92 Å². The van der Waals surface area contributed by atoms with Crippen LogP contribution in [0.5, 0.6) is 0 Å². The highest BCUT2D eigenvalue weighted by atomic mass is 32.1. The molecule has 5 nitrogen and oxygen atoms in total. The maximum absolute atomic E-state index is 12.5. The molecule has 2 saturated heterocycles. The number of fused-ring (bicyclic) bond motifs is 2. The third kappa shape index (κ3) is 3.46. The van der Waals surface area contributed by atoms with Crippen molar-refractivity contribution in [3.8, 4) is 6.07 Å². The number of rotatable bonds is 3. The lowest BCUT2D eigenvalue weighted by molar-refractivity contribution is -0.117. The van der Waals surface area contributed by atoms with Crippen molar-refractivity contribution in [2.45, 2.75) is 45.1 Å². The Bertz CT molecular complexity index is 707. The van der Waals surface area contributed by atoms with Crippen molar-refractivity contribution in [3.05, 3.63) is 16.0 Å². The molecule has 0 unspecified atom stereocenters. The zero-order valence-corrected chi connectivity index (χ0v) is 15.7. The van der Waals surface area contributed by atoms with Crippen LogP contribution in [0.4, 0.5) is 5.00 Å². The maximum Gasteiger partial charge on any atom is 0.239 e. The van der Waals surface area contributed by atoms with Crippen LogP contribution >= 0.6 is 11.3 Å². The van der Waals surface area contributed by atoms with Gasteiger partial charge in [-0.3, -0.25) is 14.6 Å². The van der Waals surface area contributed by atoms with E-state index in [1.54, 1.807) is 11.3 Å². The van der Waals surface area contributed by atoms with Gasteiger partial charge >= 0.3 is 0 Å². The number of amides is 1. The lowest BCUT2D eigenvalue weighted by Gasteiger charge is -2.37. The van der Waals surface area contributed by atoms with Gasteiger partial charge in [0.2, 0.25) is 5.91 Å². The molecule has 2 aliphatic heterocycles. The van der Waals surface area contributed by atoms with Crippen molar-refractivity contribution in [2.75, 3.05) is 38.0 Å². The van der Waals surface area contributed by atoms with E-state index in [0.29, 0.717) is 24.1 Å². The van der Waals surface area contributed by atoms with Crippen LogP contribution in [0.2, 0.25) is 0 Å². The number of hydrogen-bond acceptors (Lipinski definition) is 5. The van der Waals surface area contributed by atoms with Crippen molar-refractivity contribution in [1.29, 1.82) is 5.26 Å². The van der Waals surface area contributed by atoms with Crippen LogP contribution in [-0.2, 0) is 17.6 Å². The molecular formula is C19H26N4OS. The molecule has 3 heterocycles. The molecule has 2 atom stereocenters. The van der Waals surface area contributed by atoms with Crippen LogP contribution in [-0.4, -0.2) is 54.5 Å². The van der Waals surface area contributed by atoms with E-state index in [4.69, 9.17) is 0 Å². The monoisotopic (exact) mass is 358 g/mol. The standard InChI is InChI=1S/C19H26N4OS/c1-13-4-5-15-16(10-20)19(25-17(15)9-13)21-18(24)12-22-7-8-23-6-2-3-14(23)11-22/h13-14H,2-9,11-12H2,1H3,(H,21,24)/t13-,14+/m1/s1. The Morgan fingerprint density at radius 1 is 1.36 bits per heavy atom. The Morgan fingerprint density at radius 3 is 3.08 bits per heavy atom. The third-order valence-electron chi connectivity index (χ3n) is 5.92. The number of nitriles is 1. The van der Waals surface area contributed by atoms with Gasteiger partial charge in [0, 0.05) is 30.6 Å². The number of piperazine rings is 1. The van der Waals surface area contributed by atoms with E-state index >= 15 is 0 Å². The third-order valence-corrected chi connectivity index (χ3v) is 7.08. The summed E-state index contributed by atoms with van der Waals surface area (Å²) in [5.74, 6) is 0.693. The first kappa shape index (κ1) is 17.0. The number of anilines is 1. The van der Waals surface area contributed by atoms with Gasteiger partial charge in [0.15, 0.2) is 0 Å². The number of nitrogens with zero attached hydrogens (tertiary/aromatic N) is 3. The average molecular weight is 359 g/mol. The maximum atomic E-state index is 12.5. The van der Waals surface area contributed by atoms with Crippen LogP contribution in [0.25, 0.3) is 0 Å². The molecular weight excluding hydrogens is 332 g/mol. The summed E-state index contributed by atoms with van der Waals surface area (Å²) in [4.78, 5) is 18.7. The van der Waals surface area contributed by atoms with Gasteiger partial charge in [-0.25, -0.2) is 0 Å². The Hall–Kier alpha value is -1.42. The zero-order chi connectivity index (χ0) is 17.4. The quantitative estimate of drug-likeness (QED) is 0.902. The Kier molecular flexibility index (Phi) is 4.81. The number of carbonyl (C=O) groups is 1. The molecule has 134 valence electrons. The van der Waals surface area contributed by atoms with Gasteiger partial charge < -0.3 is 5.32 Å². The molecule has 1 N–H and O–H groups in total. The Morgan fingerprint density at radius 2 is 2.24 bits per heavy atom. The summed E-state index contributed by atoms with van der Waals surface area (Å²) in [6.07, 6.45) is 5.68. The highest BCUT2D eigenvalue weighted by Crippen LogP contribution is 2.39. The average Bonchev–Trinajstić information content (AvgIpc) is 3.17. The van der Waals surface area contributed by atoms with Crippen molar-refractivity contribution in [2.24, 2.45) is 5.92 Å². The number of carbonyl (C=O) groups excluding carboxylic acids is 1. The summed E-state index contributed by atoms with van der Waals surface area (Å²) in [5, 5.41) is 13.4. The lowest BCUT2D eigenvalue weighted by Crippen LogP contribution is -2.51. The topological polar surface area (TPSA) is 59.4 Å². The van der Waals surface area contributed by atoms with Gasteiger partial charge in [0.05, 0.1) is 12.1 Å². The van der Waals surface area contributed by atoms with Gasteiger partial charge in [-0.15, -0.1) is 11.3 Å². The van der Waals surface area contributed by atoms with E-state index in [-0.39, 0.29) is 5.91 Å². The second-order valence-corrected chi connectivity index (χ2v) is 8.89. The highest BCUT2D eigenvalue weighted by molar-refractivity contribution is 7.16. The fourth-order valence-electron chi connectivity index (χ4n) is 4.53. The first-order valence-corrected chi connectivity index (χ1v) is 10.3. The molecule has 25 heavy (non-hydrogen) atoms. The van der Waals surface area contributed by atoms with Gasteiger partial charge in [-0.05, 0) is 50.1 Å². The fourth-order valence-corrected chi connectivity index (χ4v) is 5.90. The molecule has 2 fully saturated rings. The smallest absolute Gasteiger partial charge is 0.239 e. The fraction of sp³-hybridized carbons (Fsp3) is 0.684. The predicted molar refractivity (Wildman–Crippen MR) is 99.9 cm³/mol. The first-order chi connectivity index (χ1) is 12.1. The van der Waals surface area contributed by atoms with Crippen LogP contribution < -0.4 is 5.32 Å². The molecule has 0 spiro atoms. The Balaban J connectivity index is 1.40. The second-order valence-electron chi connectivity index (χ2n) is 7.78. The molecule has 1 aromatic rings. The first-order valence-electron chi connectivity index (χ1n) is 9.45. The molecule has 0 radical (unpaired) electrons. The van der Waals surface area contributed by atoms with Gasteiger partial charge in [0.25, 0.3) is 0 Å². The van der Waals surface area contributed by atoms with E-state index in [1.807, 2.05) is 0 Å². The van der Waals surface area contributed by atoms with Crippen molar-refractivity contribution < 1.29 is 4.79 Å². The molecule has 1 aromatic heterocycles. The molecule has 1 aliphatic carbocycles. The summed E-state index contributed by atoms with van der Waals surface area (Å²) < 4.78 is 0. The number of thiophene rings is 1. The van der Waals surface area contributed by atoms with E-state index in [2.05, 4.69) is 28.1 Å². The van der Waals surface area contributed by atoms with Gasteiger partial charge in [0.1, 0.15) is 11.1 Å². The Labute approximate surface area is 153 Å². The van der Waals surface area contributed by atoms with Crippen LogP contribution in [0.3, 0.4) is 0 Å². The van der Waals surface area contributed by atoms with Crippen LogP contribution in [0.15, 0.2) is 0 Å². The summed E-state index contributed by atoms with van der Waals surface area (Å²) in [6, 6.07) is 2.96. The molecule has 4 rings (SSSR count). The van der Waals surface area contributed by atoms with Crippen LogP contribution in [0, 0.1) is 17.2 Å². The zero-order valence-electron chi connectivity index (χ0n) is 14.9. The van der Waals surface area contributed by atoms with E-state index < -0.39 is 0 Å². The molecule has 0 saturated carbocycles. The second kappa shape index (κ2) is 7.06. The lowest BCUT2D eigenvalue weighted by atomic mass is 9.89. The van der Waals surface area contributed by atoms with Crippen molar-refractivity contribution in [1.82, 2.24) is 9.80 Å². The largest absolute Gasteiger partial charge is 0.315 e. The van der Waals surface area contributed by atoms with E-state index in [9.17, 15) is 10.1 Å². The molecule has 0 bridgehead atoms. The summed E-state index contributed by atoms with van der Waals surface area (Å²) in [5.41, 5.74) is 1.89. The van der Waals surface area contributed by atoms with Crippen LogP contribution in [0.1, 0.15) is 42.2 Å².